The predicted octanol–water partition coefficient (Wildman–Crippen LogP) is 5.16. The standard InChI is InChI=1S/C21H39NO/c1-15(2)9-8-10-16(3)17-11-13-21(5)19(23)18(22(6)7)12-14-20(17,21)4/h15-18H,8-14H2,1-7H3/t16-,17-,18+,20-,21+/m1/s1. The molecule has 0 N–H and O–H groups in total. The highest BCUT2D eigenvalue weighted by Crippen LogP contribution is 2.64. The molecule has 0 aliphatic heterocycles. The van der Waals surface area contributed by atoms with Crippen LogP contribution in [-0.4, -0.2) is 30.8 Å². The summed E-state index contributed by atoms with van der Waals surface area (Å²) in [6.07, 6.45) is 8.64. The Labute approximate surface area is 144 Å². The molecule has 134 valence electrons. The second-order valence-corrected chi connectivity index (χ2v) is 9.58. The van der Waals surface area contributed by atoms with Gasteiger partial charge in [-0.2, -0.15) is 0 Å². The summed E-state index contributed by atoms with van der Waals surface area (Å²) in [5.41, 5.74) is 0.116. The van der Waals surface area contributed by atoms with E-state index in [0.29, 0.717) is 5.78 Å². The number of hydrogen-bond donors (Lipinski definition) is 0. The molecule has 2 aliphatic carbocycles. The molecule has 0 amide bonds. The van der Waals surface area contributed by atoms with Crippen molar-refractivity contribution in [1.29, 1.82) is 0 Å². The molecule has 2 rings (SSSR count). The molecule has 2 aliphatic rings. The average Bonchev–Trinajstić information content (AvgIpc) is 2.72. The van der Waals surface area contributed by atoms with Gasteiger partial charge in [-0.25, -0.2) is 0 Å². The van der Waals surface area contributed by atoms with Gasteiger partial charge in [0.2, 0.25) is 0 Å². The quantitative estimate of drug-likeness (QED) is 0.673. The molecular weight excluding hydrogens is 282 g/mol. The molecule has 0 radical (unpaired) electrons. The third-order valence-corrected chi connectivity index (χ3v) is 7.57. The van der Waals surface area contributed by atoms with Crippen LogP contribution in [0.3, 0.4) is 0 Å². The molecule has 0 heterocycles. The van der Waals surface area contributed by atoms with E-state index in [1.165, 1.54) is 32.1 Å². The Bertz CT molecular complexity index is 430. The lowest BCUT2D eigenvalue weighted by Gasteiger charge is -2.51. The third kappa shape index (κ3) is 3.25. The Balaban J connectivity index is 2.11. The van der Waals surface area contributed by atoms with Gasteiger partial charge in [0.25, 0.3) is 0 Å². The Morgan fingerprint density at radius 3 is 2.30 bits per heavy atom. The molecule has 0 bridgehead atoms. The van der Waals surface area contributed by atoms with E-state index in [0.717, 1.165) is 30.6 Å². The fraction of sp³-hybridized carbons (Fsp3) is 0.952. The van der Waals surface area contributed by atoms with Crippen molar-refractivity contribution >= 4 is 5.78 Å². The van der Waals surface area contributed by atoms with Crippen LogP contribution in [0.5, 0.6) is 0 Å². The molecule has 0 aromatic rings. The SMILES string of the molecule is CC(C)CCC[C@@H](C)[C@H]1CC[C@@]2(C)C(=O)[C@@H](N(C)C)CC[C@]12C. The van der Waals surface area contributed by atoms with Crippen molar-refractivity contribution in [2.75, 3.05) is 14.1 Å². The maximum Gasteiger partial charge on any atom is 0.156 e. The van der Waals surface area contributed by atoms with E-state index >= 15 is 0 Å². The van der Waals surface area contributed by atoms with Gasteiger partial charge in [-0.15, -0.1) is 0 Å². The number of hydrogen-bond acceptors (Lipinski definition) is 2. The Morgan fingerprint density at radius 2 is 1.74 bits per heavy atom. The monoisotopic (exact) mass is 321 g/mol. The van der Waals surface area contributed by atoms with Crippen molar-refractivity contribution in [3.05, 3.63) is 0 Å². The largest absolute Gasteiger partial charge is 0.300 e. The first-order valence-electron chi connectivity index (χ1n) is 9.84. The van der Waals surface area contributed by atoms with Crippen LogP contribution in [-0.2, 0) is 4.79 Å². The highest BCUT2D eigenvalue weighted by Gasteiger charge is 2.62. The summed E-state index contributed by atoms with van der Waals surface area (Å²) in [6.45, 7) is 11.8. The Morgan fingerprint density at radius 1 is 1.09 bits per heavy atom. The van der Waals surface area contributed by atoms with Crippen molar-refractivity contribution < 1.29 is 4.79 Å². The van der Waals surface area contributed by atoms with Gasteiger partial charge in [0.1, 0.15) is 0 Å². The van der Waals surface area contributed by atoms with Crippen molar-refractivity contribution in [2.45, 2.75) is 85.6 Å². The molecule has 0 aromatic heterocycles. The van der Waals surface area contributed by atoms with E-state index in [9.17, 15) is 4.79 Å². The van der Waals surface area contributed by atoms with Crippen LogP contribution in [0, 0.1) is 28.6 Å². The minimum Gasteiger partial charge on any atom is -0.300 e. The van der Waals surface area contributed by atoms with Crippen LogP contribution >= 0.6 is 0 Å². The van der Waals surface area contributed by atoms with Gasteiger partial charge in [0.05, 0.1) is 6.04 Å². The molecule has 0 saturated heterocycles. The van der Waals surface area contributed by atoms with Gasteiger partial charge in [0.15, 0.2) is 5.78 Å². The van der Waals surface area contributed by atoms with Crippen LogP contribution in [0.2, 0.25) is 0 Å². The van der Waals surface area contributed by atoms with Gasteiger partial charge < -0.3 is 0 Å². The third-order valence-electron chi connectivity index (χ3n) is 7.57. The van der Waals surface area contributed by atoms with Gasteiger partial charge in [-0.3, -0.25) is 9.69 Å². The van der Waals surface area contributed by atoms with Crippen LogP contribution in [0.4, 0.5) is 0 Å². The summed E-state index contributed by atoms with van der Waals surface area (Å²) < 4.78 is 0. The minimum atomic E-state index is -0.100. The topological polar surface area (TPSA) is 20.3 Å². The first-order chi connectivity index (χ1) is 10.6. The lowest BCUT2D eigenvalue weighted by atomic mass is 9.53. The maximum atomic E-state index is 13.2. The molecule has 2 fully saturated rings. The van der Waals surface area contributed by atoms with Crippen LogP contribution < -0.4 is 0 Å². The summed E-state index contributed by atoms with van der Waals surface area (Å²) in [6, 6.07) is 0.142. The lowest BCUT2D eigenvalue weighted by Crippen LogP contribution is -2.56. The van der Waals surface area contributed by atoms with Crippen molar-refractivity contribution in [3.63, 3.8) is 0 Å². The van der Waals surface area contributed by atoms with Crippen LogP contribution in [0.1, 0.15) is 79.6 Å². The smallest absolute Gasteiger partial charge is 0.156 e. The molecule has 5 atom stereocenters. The first-order valence-corrected chi connectivity index (χ1v) is 9.84. The summed E-state index contributed by atoms with van der Waals surface area (Å²) in [7, 11) is 4.13. The zero-order valence-electron chi connectivity index (χ0n) is 16.6. The highest BCUT2D eigenvalue weighted by atomic mass is 16.1. The average molecular weight is 322 g/mol. The van der Waals surface area contributed by atoms with Gasteiger partial charge in [-0.05, 0) is 62.9 Å². The van der Waals surface area contributed by atoms with E-state index in [1.54, 1.807) is 0 Å². The second-order valence-electron chi connectivity index (χ2n) is 9.58. The first kappa shape index (κ1) is 19.0. The molecule has 0 aromatic carbocycles. The van der Waals surface area contributed by atoms with Crippen molar-refractivity contribution in [2.24, 2.45) is 28.6 Å². The highest BCUT2D eigenvalue weighted by molar-refractivity contribution is 5.91. The van der Waals surface area contributed by atoms with Gasteiger partial charge >= 0.3 is 0 Å². The van der Waals surface area contributed by atoms with Crippen LogP contribution in [0.15, 0.2) is 0 Å². The second kappa shape index (κ2) is 6.86. The lowest BCUT2D eigenvalue weighted by molar-refractivity contribution is -0.146. The number of likely N-dealkylation sites (N-methyl/N-ethyl adjacent to an activating group) is 1. The number of rotatable bonds is 6. The van der Waals surface area contributed by atoms with Crippen LogP contribution in [0.25, 0.3) is 0 Å². The maximum absolute atomic E-state index is 13.2. The van der Waals surface area contributed by atoms with E-state index in [2.05, 4.69) is 53.6 Å². The number of nitrogens with zero attached hydrogens (tertiary/aromatic N) is 1. The number of ketones is 1. The van der Waals surface area contributed by atoms with E-state index < -0.39 is 0 Å². The number of carbonyl (C=O) groups excluding carboxylic acids is 1. The Kier molecular flexibility index (Phi) is 5.66. The minimum absolute atomic E-state index is 0.100. The fourth-order valence-electron chi connectivity index (χ4n) is 5.71. The molecule has 2 nitrogen and oxygen atoms in total. The molecule has 23 heavy (non-hydrogen) atoms. The summed E-state index contributed by atoms with van der Waals surface area (Å²) in [4.78, 5) is 15.4. The van der Waals surface area contributed by atoms with Gasteiger partial charge in [0, 0.05) is 5.41 Å². The zero-order chi connectivity index (χ0) is 17.4. The zero-order valence-corrected chi connectivity index (χ0v) is 16.6. The fourth-order valence-corrected chi connectivity index (χ4v) is 5.71. The van der Waals surface area contributed by atoms with Crippen molar-refractivity contribution in [1.82, 2.24) is 4.90 Å². The molecule has 0 unspecified atom stereocenters. The summed E-state index contributed by atoms with van der Waals surface area (Å²) in [5.74, 6) is 2.81. The van der Waals surface area contributed by atoms with E-state index in [4.69, 9.17) is 0 Å². The van der Waals surface area contributed by atoms with E-state index in [-0.39, 0.29) is 16.9 Å². The van der Waals surface area contributed by atoms with Crippen molar-refractivity contribution in [3.8, 4) is 0 Å². The number of Topliss-reactive ketones (excluding diaryl/α,β-unsaturated/α-hetero) is 1. The normalized spacial score (nSPS) is 39.1. The number of fused-ring (bicyclic) bond motifs is 1. The molecule has 0 spiro atoms. The Hall–Kier alpha value is -0.370. The van der Waals surface area contributed by atoms with E-state index in [1.807, 2.05) is 0 Å². The predicted molar refractivity (Wildman–Crippen MR) is 98.5 cm³/mol. The molecular formula is C21H39NO. The summed E-state index contributed by atoms with van der Waals surface area (Å²) in [5, 5.41) is 0. The molecule has 2 heteroatoms. The summed E-state index contributed by atoms with van der Waals surface area (Å²) >= 11 is 0. The molecule has 2 saturated carbocycles. The number of carbonyl (C=O) groups is 1. The van der Waals surface area contributed by atoms with Gasteiger partial charge in [-0.1, -0.05) is 53.9 Å².